The van der Waals surface area contributed by atoms with Gasteiger partial charge in [-0.1, -0.05) is 12.1 Å². The van der Waals surface area contributed by atoms with E-state index in [9.17, 15) is 14.4 Å². The van der Waals surface area contributed by atoms with Gasteiger partial charge in [-0.2, -0.15) is 0 Å². The van der Waals surface area contributed by atoms with Gasteiger partial charge < -0.3 is 34.7 Å². The molecular weight excluding hydrogens is 658 g/mol. The molecule has 2 amide bonds. The number of aromatic amines is 1. The van der Waals surface area contributed by atoms with Crippen LogP contribution in [0.25, 0.3) is 11.1 Å². The summed E-state index contributed by atoms with van der Waals surface area (Å²) in [4.78, 5) is 48.6. The van der Waals surface area contributed by atoms with Crippen molar-refractivity contribution in [2.24, 2.45) is 0 Å². The SMILES string of the molecule is CCN(c1cc(-c2ccc3c(c2)NC(=O)C32CCOCC2)cc(C(=O)NC(C)c2c(OC)cc(C)[nH]c2=O)c1C)C1CCC(N(C)C2COC2)CC1. The Balaban J connectivity index is 1.24. The third-order valence-electron chi connectivity index (χ3n) is 12.2. The van der Waals surface area contributed by atoms with Gasteiger partial charge in [0.2, 0.25) is 5.91 Å². The molecule has 52 heavy (non-hydrogen) atoms. The molecule has 3 aliphatic heterocycles. The number of nitrogens with zero attached hydrogens (tertiary/aromatic N) is 2. The largest absolute Gasteiger partial charge is 0.496 e. The molecule has 0 bridgehead atoms. The van der Waals surface area contributed by atoms with Crippen LogP contribution in [0.1, 0.15) is 91.2 Å². The topological polar surface area (TPSA) is 125 Å². The Morgan fingerprint density at radius 1 is 0.981 bits per heavy atom. The molecule has 1 spiro atoms. The Hall–Kier alpha value is -4.19. The quantitative estimate of drug-likeness (QED) is 0.248. The summed E-state index contributed by atoms with van der Waals surface area (Å²) in [5, 5.41) is 6.29. The predicted molar refractivity (Wildman–Crippen MR) is 203 cm³/mol. The Labute approximate surface area is 306 Å². The van der Waals surface area contributed by atoms with Gasteiger partial charge in [-0.3, -0.25) is 19.3 Å². The van der Waals surface area contributed by atoms with E-state index in [-0.39, 0.29) is 17.4 Å². The zero-order valence-corrected chi connectivity index (χ0v) is 31.4. The molecule has 0 radical (unpaired) electrons. The van der Waals surface area contributed by atoms with Gasteiger partial charge in [-0.25, -0.2) is 0 Å². The van der Waals surface area contributed by atoms with E-state index in [1.165, 1.54) is 7.11 Å². The second kappa shape index (κ2) is 14.7. The van der Waals surface area contributed by atoms with E-state index in [2.05, 4.69) is 63.7 Å². The second-order valence-corrected chi connectivity index (χ2v) is 15.1. The van der Waals surface area contributed by atoms with Gasteiger partial charge in [-0.05, 0) is 120 Å². The van der Waals surface area contributed by atoms with Crippen molar-refractivity contribution in [3.05, 3.63) is 74.7 Å². The fraction of sp³-hybridized carbons (Fsp3) is 0.537. The number of ether oxygens (including phenoxy) is 3. The standard InChI is InChI=1S/C41H53N5O6/c1-7-46(30-11-9-29(10-12-30)45(5)31-22-52-23-31)35-21-28(27-8-13-33-34(20-27)44-40(49)41(33)14-16-51-17-15-41)19-32(25(35)3)38(47)43-26(4)37-36(50-6)18-24(2)42-39(37)48/h8,13,18-21,26,29-31H,7,9-12,14-17,22-23H2,1-6H3,(H,42,48)(H,43,47)(H,44,49). The number of anilines is 2. The van der Waals surface area contributed by atoms with Crippen LogP contribution in [0.4, 0.5) is 11.4 Å². The summed E-state index contributed by atoms with van der Waals surface area (Å²) in [6, 6.07) is 12.9. The monoisotopic (exact) mass is 711 g/mol. The van der Waals surface area contributed by atoms with E-state index in [4.69, 9.17) is 14.2 Å². The summed E-state index contributed by atoms with van der Waals surface area (Å²) < 4.78 is 16.6. The highest BCUT2D eigenvalue weighted by Gasteiger charge is 2.47. The molecule has 4 heterocycles. The van der Waals surface area contributed by atoms with E-state index in [1.54, 1.807) is 19.9 Å². The number of aryl methyl sites for hydroxylation is 1. The fourth-order valence-electron chi connectivity index (χ4n) is 8.98. The van der Waals surface area contributed by atoms with Gasteiger partial charge >= 0.3 is 0 Å². The van der Waals surface area contributed by atoms with Crippen LogP contribution < -0.4 is 25.8 Å². The van der Waals surface area contributed by atoms with Gasteiger partial charge in [0.05, 0.1) is 43.4 Å². The number of pyridine rings is 1. The summed E-state index contributed by atoms with van der Waals surface area (Å²) in [6.07, 6.45) is 5.67. The Kier molecular flexibility index (Phi) is 10.2. The van der Waals surface area contributed by atoms with Crippen LogP contribution in [0.15, 0.2) is 41.2 Å². The van der Waals surface area contributed by atoms with Crippen LogP contribution >= 0.6 is 0 Å². The van der Waals surface area contributed by atoms with Crippen molar-refractivity contribution < 1.29 is 23.8 Å². The van der Waals surface area contributed by atoms with Crippen LogP contribution in [0.2, 0.25) is 0 Å². The average molecular weight is 712 g/mol. The molecule has 2 aromatic carbocycles. The van der Waals surface area contributed by atoms with E-state index >= 15 is 0 Å². The van der Waals surface area contributed by atoms with Gasteiger partial charge in [0.15, 0.2) is 0 Å². The van der Waals surface area contributed by atoms with E-state index in [0.29, 0.717) is 66.8 Å². The van der Waals surface area contributed by atoms with E-state index in [1.807, 2.05) is 13.0 Å². The first kappa shape index (κ1) is 36.2. The van der Waals surface area contributed by atoms with Gasteiger partial charge in [0, 0.05) is 54.5 Å². The van der Waals surface area contributed by atoms with Crippen LogP contribution in [0.5, 0.6) is 5.75 Å². The molecule has 3 aromatic rings. The normalized spacial score (nSPS) is 21.7. The lowest BCUT2D eigenvalue weighted by molar-refractivity contribution is -0.124. The molecule has 278 valence electrons. The summed E-state index contributed by atoms with van der Waals surface area (Å²) in [5.74, 6) is 0.201. The molecule has 1 saturated carbocycles. The van der Waals surface area contributed by atoms with Gasteiger partial charge in [0.1, 0.15) is 5.75 Å². The molecule has 1 aliphatic carbocycles. The summed E-state index contributed by atoms with van der Waals surface area (Å²) in [7, 11) is 3.76. The summed E-state index contributed by atoms with van der Waals surface area (Å²) in [6.45, 7) is 11.4. The zero-order valence-electron chi connectivity index (χ0n) is 31.4. The maximum atomic E-state index is 14.3. The number of rotatable bonds is 10. The molecular formula is C41H53N5O6. The number of benzene rings is 2. The molecule has 1 atom stereocenters. The first-order chi connectivity index (χ1) is 25.0. The lowest BCUT2D eigenvalue weighted by atomic mass is 9.75. The number of hydrogen-bond donors (Lipinski definition) is 3. The third kappa shape index (κ3) is 6.52. The van der Waals surface area contributed by atoms with Crippen molar-refractivity contribution in [1.82, 2.24) is 15.2 Å². The smallest absolute Gasteiger partial charge is 0.257 e. The third-order valence-corrected chi connectivity index (χ3v) is 12.2. The number of amides is 2. The van der Waals surface area contributed by atoms with E-state index < -0.39 is 11.5 Å². The molecule has 11 heteroatoms. The highest BCUT2D eigenvalue weighted by molar-refractivity contribution is 6.07. The Bertz CT molecular complexity index is 1890. The number of aromatic nitrogens is 1. The summed E-state index contributed by atoms with van der Waals surface area (Å²) >= 11 is 0. The molecule has 4 aliphatic rings. The number of H-pyrrole nitrogens is 1. The molecule has 1 unspecified atom stereocenters. The molecule has 11 nitrogen and oxygen atoms in total. The van der Waals surface area contributed by atoms with Crippen LogP contribution in [0, 0.1) is 13.8 Å². The van der Waals surface area contributed by atoms with Crippen LogP contribution in [-0.4, -0.2) is 87.0 Å². The van der Waals surface area contributed by atoms with Gasteiger partial charge in [-0.15, -0.1) is 0 Å². The molecule has 3 fully saturated rings. The number of carbonyl (C=O) groups excluding carboxylic acids is 2. The van der Waals surface area contributed by atoms with Gasteiger partial charge in [0.25, 0.3) is 11.5 Å². The van der Waals surface area contributed by atoms with Crippen LogP contribution in [-0.2, 0) is 19.7 Å². The second-order valence-electron chi connectivity index (χ2n) is 15.1. The minimum atomic E-state index is -0.611. The van der Waals surface area contributed by atoms with Crippen molar-refractivity contribution in [2.45, 2.75) is 95.8 Å². The van der Waals surface area contributed by atoms with Crippen molar-refractivity contribution in [2.75, 3.05) is 57.3 Å². The Morgan fingerprint density at radius 3 is 2.35 bits per heavy atom. The summed E-state index contributed by atoms with van der Waals surface area (Å²) in [5.41, 5.74) is 6.33. The van der Waals surface area contributed by atoms with Crippen molar-refractivity contribution in [3.8, 4) is 16.9 Å². The maximum absolute atomic E-state index is 14.3. The lowest BCUT2D eigenvalue weighted by Crippen LogP contribution is -2.53. The maximum Gasteiger partial charge on any atom is 0.257 e. The minimum absolute atomic E-state index is 0.0337. The van der Waals surface area contributed by atoms with Crippen molar-refractivity contribution in [3.63, 3.8) is 0 Å². The fourth-order valence-corrected chi connectivity index (χ4v) is 8.98. The average Bonchev–Trinajstić information content (AvgIpc) is 3.37. The molecule has 3 N–H and O–H groups in total. The molecule has 7 rings (SSSR count). The first-order valence-corrected chi connectivity index (χ1v) is 18.9. The minimum Gasteiger partial charge on any atom is -0.496 e. The number of fused-ring (bicyclic) bond motifs is 2. The first-order valence-electron chi connectivity index (χ1n) is 18.9. The lowest BCUT2D eigenvalue weighted by Gasteiger charge is -2.45. The number of nitrogens with one attached hydrogen (secondary N) is 3. The number of hydrogen-bond acceptors (Lipinski definition) is 8. The van der Waals surface area contributed by atoms with E-state index in [0.717, 1.165) is 79.1 Å². The van der Waals surface area contributed by atoms with Crippen LogP contribution in [0.3, 0.4) is 0 Å². The molecule has 2 saturated heterocycles. The van der Waals surface area contributed by atoms with Crippen molar-refractivity contribution >= 4 is 23.2 Å². The highest BCUT2D eigenvalue weighted by Crippen LogP contribution is 2.46. The Morgan fingerprint density at radius 2 is 1.69 bits per heavy atom. The zero-order chi connectivity index (χ0) is 36.7. The highest BCUT2D eigenvalue weighted by atomic mass is 16.5. The predicted octanol–water partition coefficient (Wildman–Crippen LogP) is 5.63. The number of likely N-dealkylation sites (N-methyl/N-ethyl adjacent to an activating group) is 1. The number of methoxy groups -OCH3 is 1. The van der Waals surface area contributed by atoms with Crippen molar-refractivity contribution in [1.29, 1.82) is 0 Å². The number of carbonyl (C=O) groups is 2. The molecule has 1 aromatic heterocycles.